The Morgan fingerprint density at radius 3 is 2.62 bits per heavy atom. The van der Waals surface area contributed by atoms with Gasteiger partial charge in [-0.25, -0.2) is 4.79 Å². The van der Waals surface area contributed by atoms with Crippen molar-refractivity contribution >= 4 is 11.7 Å². The van der Waals surface area contributed by atoms with Crippen molar-refractivity contribution in [2.45, 2.75) is 19.8 Å². The number of methoxy groups -OCH3 is 1. The zero-order chi connectivity index (χ0) is 12.1. The molecule has 0 aliphatic rings. The van der Waals surface area contributed by atoms with E-state index in [0.717, 1.165) is 24.1 Å². The first-order valence-corrected chi connectivity index (χ1v) is 5.26. The molecule has 0 aliphatic heterocycles. The van der Waals surface area contributed by atoms with E-state index in [9.17, 15) is 4.79 Å². The lowest BCUT2D eigenvalue weighted by Crippen LogP contribution is -2.04. The van der Waals surface area contributed by atoms with E-state index in [2.05, 4.69) is 12.2 Å². The van der Waals surface area contributed by atoms with Gasteiger partial charge in [0.2, 0.25) is 0 Å². The summed E-state index contributed by atoms with van der Waals surface area (Å²) in [5.41, 5.74) is 2.11. The molecule has 16 heavy (non-hydrogen) atoms. The van der Waals surface area contributed by atoms with Crippen molar-refractivity contribution in [1.29, 1.82) is 0 Å². The van der Waals surface area contributed by atoms with Gasteiger partial charge in [-0.1, -0.05) is 13.3 Å². The van der Waals surface area contributed by atoms with E-state index in [0.29, 0.717) is 5.75 Å². The van der Waals surface area contributed by atoms with E-state index in [1.165, 1.54) is 13.2 Å². The molecule has 0 atom stereocenters. The van der Waals surface area contributed by atoms with Crippen LogP contribution in [0.2, 0.25) is 0 Å². The maximum absolute atomic E-state index is 10.9. The molecule has 0 heterocycles. The predicted octanol–water partition coefficient (Wildman–Crippen LogP) is 2.39. The largest absolute Gasteiger partial charge is 0.495 e. The highest BCUT2D eigenvalue weighted by Gasteiger charge is 2.13. The van der Waals surface area contributed by atoms with E-state index >= 15 is 0 Å². The number of nitrogens with one attached hydrogen (secondary N) is 1. The number of rotatable bonds is 5. The van der Waals surface area contributed by atoms with Gasteiger partial charge in [0.15, 0.2) is 0 Å². The summed E-state index contributed by atoms with van der Waals surface area (Å²) >= 11 is 0. The molecule has 0 aliphatic carbocycles. The lowest BCUT2D eigenvalue weighted by Gasteiger charge is -2.14. The molecule has 0 unspecified atom stereocenters. The van der Waals surface area contributed by atoms with E-state index in [1.54, 1.807) is 13.1 Å². The number of aryl methyl sites for hydroxylation is 1. The zero-order valence-corrected chi connectivity index (χ0v) is 9.83. The Hall–Kier alpha value is -1.71. The maximum atomic E-state index is 10.9. The minimum Gasteiger partial charge on any atom is -0.495 e. The van der Waals surface area contributed by atoms with Crippen LogP contribution in [0.25, 0.3) is 0 Å². The van der Waals surface area contributed by atoms with Crippen LogP contribution >= 0.6 is 0 Å². The van der Waals surface area contributed by atoms with Crippen molar-refractivity contribution in [1.82, 2.24) is 0 Å². The highest BCUT2D eigenvalue weighted by atomic mass is 16.5. The summed E-state index contributed by atoms with van der Waals surface area (Å²) in [6.45, 7) is 2.05. The van der Waals surface area contributed by atoms with Gasteiger partial charge in [-0.05, 0) is 24.1 Å². The van der Waals surface area contributed by atoms with Gasteiger partial charge in [0.1, 0.15) is 5.75 Å². The summed E-state index contributed by atoms with van der Waals surface area (Å²) in [5.74, 6) is -0.357. The first-order valence-electron chi connectivity index (χ1n) is 5.26. The molecule has 0 amide bonds. The molecule has 0 spiro atoms. The fourth-order valence-electron chi connectivity index (χ4n) is 1.71. The van der Waals surface area contributed by atoms with E-state index in [1.807, 2.05) is 0 Å². The van der Waals surface area contributed by atoms with Crippen LogP contribution in [0.15, 0.2) is 12.1 Å². The van der Waals surface area contributed by atoms with Crippen LogP contribution in [0.5, 0.6) is 5.75 Å². The summed E-state index contributed by atoms with van der Waals surface area (Å²) < 4.78 is 5.19. The van der Waals surface area contributed by atoms with Gasteiger partial charge < -0.3 is 15.2 Å². The van der Waals surface area contributed by atoms with Crippen LogP contribution in [-0.4, -0.2) is 25.2 Å². The SMILES string of the molecule is CCCc1cc(C(=O)O)cc(OC)c1NC. The van der Waals surface area contributed by atoms with Gasteiger partial charge in [-0.2, -0.15) is 0 Å². The Kier molecular flexibility index (Phi) is 4.17. The lowest BCUT2D eigenvalue weighted by molar-refractivity contribution is 0.0696. The third-order valence-electron chi connectivity index (χ3n) is 2.42. The first-order chi connectivity index (χ1) is 7.63. The second kappa shape index (κ2) is 5.39. The molecule has 88 valence electrons. The van der Waals surface area contributed by atoms with E-state index in [4.69, 9.17) is 9.84 Å². The van der Waals surface area contributed by atoms with Gasteiger partial charge >= 0.3 is 5.97 Å². The van der Waals surface area contributed by atoms with Gasteiger partial charge in [-0.3, -0.25) is 0 Å². The second-order valence-electron chi connectivity index (χ2n) is 3.52. The van der Waals surface area contributed by atoms with Crippen molar-refractivity contribution in [3.8, 4) is 5.75 Å². The minimum atomic E-state index is -0.932. The lowest BCUT2D eigenvalue weighted by atomic mass is 10.0. The molecule has 0 radical (unpaired) electrons. The molecule has 0 bridgehead atoms. The Bertz CT molecular complexity index is 388. The molecule has 4 heteroatoms. The summed E-state index contributed by atoms with van der Waals surface area (Å²) in [4.78, 5) is 10.9. The predicted molar refractivity (Wildman–Crippen MR) is 63.5 cm³/mol. The maximum Gasteiger partial charge on any atom is 0.335 e. The van der Waals surface area contributed by atoms with Crippen LogP contribution in [0.1, 0.15) is 29.3 Å². The van der Waals surface area contributed by atoms with Crippen molar-refractivity contribution in [3.05, 3.63) is 23.3 Å². The number of ether oxygens (including phenoxy) is 1. The number of aromatic carboxylic acids is 1. The second-order valence-corrected chi connectivity index (χ2v) is 3.52. The van der Waals surface area contributed by atoms with Crippen LogP contribution < -0.4 is 10.1 Å². The summed E-state index contributed by atoms with van der Waals surface area (Å²) in [6, 6.07) is 3.23. The van der Waals surface area contributed by atoms with Crippen LogP contribution in [0, 0.1) is 0 Å². The van der Waals surface area contributed by atoms with Gasteiger partial charge in [-0.15, -0.1) is 0 Å². The molecule has 1 aromatic rings. The number of benzene rings is 1. The van der Waals surface area contributed by atoms with E-state index in [-0.39, 0.29) is 5.56 Å². The molecule has 4 nitrogen and oxygen atoms in total. The average molecular weight is 223 g/mol. The Labute approximate surface area is 95.2 Å². The van der Waals surface area contributed by atoms with Crippen molar-refractivity contribution in [3.63, 3.8) is 0 Å². The Balaban J connectivity index is 3.31. The van der Waals surface area contributed by atoms with Crippen molar-refractivity contribution in [2.24, 2.45) is 0 Å². The number of carboxylic acids is 1. The quantitative estimate of drug-likeness (QED) is 0.804. The van der Waals surface area contributed by atoms with Crippen LogP contribution in [-0.2, 0) is 6.42 Å². The minimum absolute atomic E-state index is 0.263. The number of hydrogen-bond donors (Lipinski definition) is 2. The monoisotopic (exact) mass is 223 g/mol. The molecule has 1 aromatic carbocycles. The molecule has 0 saturated carbocycles. The van der Waals surface area contributed by atoms with Gasteiger partial charge in [0.05, 0.1) is 18.4 Å². The smallest absolute Gasteiger partial charge is 0.335 e. The molecular formula is C12H17NO3. The van der Waals surface area contributed by atoms with Gasteiger partial charge in [0, 0.05) is 7.05 Å². The molecule has 0 aromatic heterocycles. The summed E-state index contributed by atoms with van der Waals surface area (Å²) in [7, 11) is 3.34. The fourth-order valence-corrected chi connectivity index (χ4v) is 1.71. The van der Waals surface area contributed by atoms with Crippen LogP contribution in [0.4, 0.5) is 5.69 Å². The van der Waals surface area contributed by atoms with Gasteiger partial charge in [0.25, 0.3) is 0 Å². The van der Waals surface area contributed by atoms with Crippen LogP contribution in [0.3, 0.4) is 0 Å². The highest BCUT2D eigenvalue weighted by Crippen LogP contribution is 2.30. The molecule has 0 saturated heterocycles. The first kappa shape index (κ1) is 12.4. The topological polar surface area (TPSA) is 58.6 Å². The number of anilines is 1. The van der Waals surface area contributed by atoms with Crippen molar-refractivity contribution < 1.29 is 14.6 Å². The zero-order valence-electron chi connectivity index (χ0n) is 9.83. The molecular weight excluding hydrogens is 206 g/mol. The Morgan fingerprint density at radius 2 is 2.19 bits per heavy atom. The third-order valence-corrected chi connectivity index (χ3v) is 2.42. The summed E-state index contributed by atoms with van der Waals surface area (Å²) in [6.07, 6.45) is 1.79. The normalized spacial score (nSPS) is 9.94. The standard InChI is InChI=1S/C12H17NO3/c1-4-5-8-6-9(12(14)15)7-10(16-3)11(8)13-2/h6-7,13H,4-5H2,1-3H3,(H,14,15). The number of carboxylic acid groups (broad SMARTS) is 1. The fraction of sp³-hybridized carbons (Fsp3) is 0.417. The molecule has 1 rings (SSSR count). The highest BCUT2D eigenvalue weighted by molar-refractivity contribution is 5.90. The number of hydrogen-bond acceptors (Lipinski definition) is 3. The number of carbonyl (C=O) groups is 1. The third kappa shape index (κ3) is 2.45. The Morgan fingerprint density at radius 1 is 1.50 bits per heavy atom. The average Bonchev–Trinajstić information content (AvgIpc) is 2.28. The summed E-state index contributed by atoms with van der Waals surface area (Å²) in [5, 5.41) is 12.0. The molecule has 2 N–H and O–H groups in total. The van der Waals surface area contributed by atoms with E-state index < -0.39 is 5.97 Å². The van der Waals surface area contributed by atoms with Crippen molar-refractivity contribution in [2.75, 3.05) is 19.5 Å². The molecule has 0 fully saturated rings.